The van der Waals surface area contributed by atoms with E-state index in [1.807, 2.05) is 24.3 Å². The van der Waals surface area contributed by atoms with Crippen molar-refractivity contribution in [2.24, 2.45) is 5.73 Å². The van der Waals surface area contributed by atoms with E-state index in [2.05, 4.69) is 18.7 Å². The fourth-order valence-corrected chi connectivity index (χ4v) is 2.42. The van der Waals surface area contributed by atoms with Gasteiger partial charge in [-0.3, -0.25) is 4.90 Å². The smallest absolute Gasteiger partial charge is 0.118 e. The first-order chi connectivity index (χ1) is 9.03. The zero-order chi connectivity index (χ0) is 13.9. The largest absolute Gasteiger partial charge is 0.497 e. The van der Waals surface area contributed by atoms with E-state index in [0.29, 0.717) is 0 Å². The van der Waals surface area contributed by atoms with Crippen LogP contribution in [0.4, 0.5) is 0 Å². The van der Waals surface area contributed by atoms with Gasteiger partial charge in [-0.05, 0) is 31.5 Å². The second kappa shape index (κ2) is 5.90. The molecule has 1 aromatic carbocycles. The minimum absolute atomic E-state index is 0.0169. The van der Waals surface area contributed by atoms with Crippen molar-refractivity contribution in [1.29, 1.82) is 0 Å². The first kappa shape index (κ1) is 14.3. The molecule has 1 fully saturated rings. The summed E-state index contributed by atoms with van der Waals surface area (Å²) in [7, 11) is 1.67. The zero-order valence-corrected chi connectivity index (χ0v) is 12.1. The Kier molecular flexibility index (Phi) is 4.45. The van der Waals surface area contributed by atoms with Crippen molar-refractivity contribution in [2.45, 2.75) is 25.4 Å². The Morgan fingerprint density at radius 2 is 2.05 bits per heavy atom. The lowest BCUT2D eigenvalue weighted by molar-refractivity contribution is -0.0531. The summed E-state index contributed by atoms with van der Waals surface area (Å²) in [5.74, 6) is 0.864. The average molecular weight is 264 g/mol. The van der Waals surface area contributed by atoms with E-state index < -0.39 is 0 Å². The lowest BCUT2D eigenvalue weighted by Crippen LogP contribution is -2.54. The Morgan fingerprint density at radius 3 is 2.63 bits per heavy atom. The summed E-state index contributed by atoms with van der Waals surface area (Å²) in [4.78, 5) is 2.41. The van der Waals surface area contributed by atoms with Crippen LogP contribution in [0.25, 0.3) is 0 Å². The predicted octanol–water partition coefficient (Wildman–Crippen LogP) is 1.81. The van der Waals surface area contributed by atoms with Gasteiger partial charge in [-0.2, -0.15) is 0 Å². The number of methoxy groups -OCH3 is 1. The molecule has 106 valence electrons. The minimum atomic E-state index is 0.0169. The van der Waals surface area contributed by atoms with Crippen molar-refractivity contribution in [3.05, 3.63) is 29.8 Å². The van der Waals surface area contributed by atoms with E-state index in [1.165, 1.54) is 0 Å². The van der Waals surface area contributed by atoms with Gasteiger partial charge < -0.3 is 15.2 Å². The summed E-state index contributed by atoms with van der Waals surface area (Å²) in [5.41, 5.74) is 7.51. The Hall–Kier alpha value is -1.10. The normalized spacial score (nSPS) is 21.1. The highest BCUT2D eigenvalue weighted by Crippen LogP contribution is 2.23. The highest BCUT2D eigenvalue weighted by molar-refractivity contribution is 5.29. The van der Waals surface area contributed by atoms with Crippen molar-refractivity contribution < 1.29 is 9.47 Å². The molecule has 4 heteroatoms. The van der Waals surface area contributed by atoms with E-state index in [4.69, 9.17) is 15.2 Å². The summed E-state index contributed by atoms with van der Waals surface area (Å²) in [5, 5.41) is 0. The first-order valence-corrected chi connectivity index (χ1v) is 6.75. The molecule has 0 aliphatic carbocycles. The predicted molar refractivity (Wildman–Crippen MR) is 76.4 cm³/mol. The molecule has 1 aliphatic heterocycles. The van der Waals surface area contributed by atoms with Crippen LogP contribution in [0.5, 0.6) is 5.75 Å². The molecule has 0 bridgehead atoms. The summed E-state index contributed by atoms with van der Waals surface area (Å²) in [6.45, 7) is 7.75. The van der Waals surface area contributed by atoms with Crippen LogP contribution in [-0.4, -0.2) is 43.9 Å². The molecule has 0 spiro atoms. The fraction of sp³-hybridized carbons (Fsp3) is 0.600. The number of nitrogens with zero attached hydrogens (tertiary/aromatic N) is 1. The lowest BCUT2D eigenvalue weighted by atomic mass is 9.99. The van der Waals surface area contributed by atoms with Gasteiger partial charge in [-0.15, -0.1) is 0 Å². The Bertz CT molecular complexity index is 403. The van der Waals surface area contributed by atoms with Crippen molar-refractivity contribution in [1.82, 2.24) is 4.90 Å². The number of ether oxygens (including phenoxy) is 2. The third-order valence-electron chi connectivity index (χ3n) is 3.78. The van der Waals surface area contributed by atoms with Gasteiger partial charge in [0.1, 0.15) is 5.75 Å². The first-order valence-electron chi connectivity index (χ1n) is 6.75. The van der Waals surface area contributed by atoms with Crippen LogP contribution >= 0.6 is 0 Å². The SMILES string of the molecule is COc1ccc(C(N)CN2CCOCC2(C)C)cc1. The molecule has 0 radical (unpaired) electrons. The molecule has 1 saturated heterocycles. The van der Waals surface area contributed by atoms with Gasteiger partial charge in [-0.1, -0.05) is 12.1 Å². The summed E-state index contributed by atoms with van der Waals surface area (Å²) >= 11 is 0. The molecule has 19 heavy (non-hydrogen) atoms. The van der Waals surface area contributed by atoms with Crippen LogP contribution in [0.3, 0.4) is 0 Å². The monoisotopic (exact) mass is 264 g/mol. The molecule has 0 aromatic heterocycles. The fourth-order valence-electron chi connectivity index (χ4n) is 2.42. The maximum atomic E-state index is 6.32. The Labute approximate surface area is 115 Å². The molecule has 1 aliphatic rings. The molecule has 0 amide bonds. The van der Waals surface area contributed by atoms with E-state index in [1.54, 1.807) is 7.11 Å². The molecule has 1 unspecified atom stereocenters. The second-order valence-corrected chi connectivity index (χ2v) is 5.69. The van der Waals surface area contributed by atoms with Crippen LogP contribution < -0.4 is 10.5 Å². The van der Waals surface area contributed by atoms with Crippen LogP contribution in [0.15, 0.2) is 24.3 Å². The molecule has 1 heterocycles. The van der Waals surface area contributed by atoms with Crippen LogP contribution in [-0.2, 0) is 4.74 Å². The van der Waals surface area contributed by atoms with Crippen molar-refractivity contribution >= 4 is 0 Å². The number of hydrogen-bond acceptors (Lipinski definition) is 4. The Morgan fingerprint density at radius 1 is 1.37 bits per heavy atom. The van der Waals surface area contributed by atoms with Gasteiger partial charge >= 0.3 is 0 Å². The van der Waals surface area contributed by atoms with Crippen molar-refractivity contribution in [3.8, 4) is 5.75 Å². The quantitative estimate of drug-likeness (QED) is 0.901. The molecule has 0 saturated carbocycles. The summed E-state index contributed by atoms with van der Waals surface area (Å²) in [6, 6.07) is 8.01. The average Bonchev–Trinajstić information content (AvgIpc) is 2.41. The number of benzene rings is 1. The number of rotatable bonds is 4. The molecule has 1 aromatic rings. The van der Waals surface area contributed by atoms with Gasteiger partial charge in [0.2, 0.25) is 0 Å². The Balaban J connectivity index is 2.01. The molecule has 2 rings (SSSR count). The number of morpholine rings is 1. The van der Waals surface area contributed by atoms with Crippen molar-refractivity contribution in [2.75, 3.05) is 33.4 Å². The molecule has 2 N–H and O–H groups in total. The summed E-state index contributed by atoms with van der Waals surface area (Å²) in [6.07, 6.45) is 0. The highest BCUT2D eigenvalue weighted by atomic mass is 16.5. The van der Waals surface area contributed by atoms with E-state index in [0.717, 1.165) is 37.6 Å². The van der Waals surface area contributed by atoms with Crippen LogP contribution in [0, 0.1) is 0 Å². The standard InChI is InChI=1S/C15H24N2O2/c1-15(2)11-19-9-8-17(15)10-14(16)12-4-6-13(18-3)7-5-12/h4-7,14H,8-11,16H2,1-3H3. The van der Waals surface area contributed by atoms with E-state index in [9.17, 15) is 0 Å². The molecule has 4 nitrogen and oxygen atoms in total. The molecule has 1 atom stereocenters. The van der Waals surface area contributed by atoms with Gasteiger partial charge in [0, 0.05) is 24.7 Å². The third-order valence-corrected chi connectivity index (χ3v) is 3.78. The minimum Gasteiger partial charge on any atom is -0.497 e. The number of nitrogens with two attached hydrogens (primary N) is 1. The van der Waals surface area contributed by atoms with Gasteiger partial charge in [0.15, 0.2) is 0 Å². The van der Waals surface area contributed by atoms with Crippen LogP contribution in [0.2, 0.25) is 0 Å². The summed E-state index contributed by atoms with van der Waals surface area (Å²) < 4.78 is 10.7. The topological polar surface area (TPSA) is 47.7 Å². The maximum Gasteiger partial charge on any atom is 0.118 e. The zero-order valence-electron chi connectivity index (χ0n) is 12.1. The number of hydrogen-bond donors (Lipinski definition) is 1. The maximum absolute atomic E-state index is 6.32. The van der Waals surface area contributed by atoms with Crippen molar-refractivity contribution in [3.63, 3.8) is 0 Å². The molecular formula is C15H24N2O2. The van der Waals surface area contributed by atoms with Gasteiger partial charge in [-0.25, -0.2) is 0 Å². The second-order valence-electron chi connectivity index (χ2n) is 5.69. The van der Waals surface area contributed by atoms with Gasteiger partial charge in [0.05, 0.1) is 20.3 Å². The molecular weight excluding hydrogens is 240 g/mol. The third kappa shape index (κ3) is 3.47. The highest BCUT2D eigenvalue weighted by Gasteiger charge is 2.31. The lowest BCUT2D eigenvalue weighted by Gasteiger charge is -2.43. The van der Waals surface area contributed by atoms with E-state index >= 15 is 0 Å². The van der Waals surface area contributed by atoms with Gasteiger partial charge in [0.25, 0.3) is 0 Å². The van der Waals surface area contributed by atoms with E-state index in [-0.39, 0.29) is 11.6 Å². The van der Waals surface area contributed by atoms with Crippen LogP contribution in [0.1, 0.15) is 25.5 Å².